The van der Waals surface area contributed by atoms with Crippen LogP contribution in [0.4, 0.5) is 0 Å². The lowest BCUT2D eigenvalue weighted by Crippen LogP contribution is -2.33. The van der Waals surface area contributed by atoms with Crippen LogP contribution in [-0.4, -0.2) is 47.1 Å². The molecule has 0 unspecified atom stereocenters. The monoisotopic (exact) mass is 379 g/mol. The first kappa shape index (κ1) is 19.4. The van der Waals surface area contributed by atoms with Crippen molar-refractivity contribution >= 4 is 17.8 Å². The van der Waals surface area contributed by atoms with E-state index < -0.39 is 23.5 Å². The van der Waals surface area contributed by atoms with E-state index in [0.29, 0.717) is 11.3 Å². The Balaban J connectivity index is 1.98. The molecule has 2 aromatic rings. The Hall–Kier alpha value is -3.38. The van der Waals surface area contributed by atoms with Crippen molar-refractivity contribution < 1.29 is 24.5 Å². The second-order valence-corrected chi connectivity index (χ2v) is 6.27. The number of benzene rings is 2. The molecule has 6 heteroatoms. The fourth-order valence-electron chi connectivity index (χ4n) is 3.20. The SMILES string of the molecule is COc1ccc([C@H]2C(C(=O)/C=C/c3ccccc3)=C(O)C(=O)N2CCO)cc1. The maximum atomic E-state index is 12.9. The smallest absolute Gasteiger partial charge is 0.290 e. The molecule has 0 aliphatic carbocycles. The standard InChI is InChI=1S/C22H21NO5/c1-28-17-10-8-16(9-11-17)20-19(21(26)22(27)23(20)13-14-24)18(25)12-7-15-5-3-2-4-6-15/h2-12,20,24,26H,13-14H2,1H3/b12-7+/t20-/m0/s1. The molecule has 28 heavy (non-hydrogen) atoms. The molecule has 1 heterocycles. The predicted octanol–water partition coefficient (Wildman–Crippen LogP) is 2.67. The molecular formula is C22H21NO5. The normalized spacial score (nSPS) is 16.9. The first-order chi connectivity index (χ1) is 13.6. The van der Waals surface area contributed by atoms with Gasteiger partial charge in [-0.3, -0.25) is 9.59 Å². The highest BCUT2D eigenvalue weighted by Gasteiger charge is 2.42. The van der Waals surface area contributed by atoms with Crippen LogP contribution in [0, 0.1) is 0 Å². The minimum absolute atomic E-state index is 0.00122. The van der Waals surface area contributed by atoms with E-state index in [0.717, 1.165) is 5.56 Å². The number of ether oxygens (including phenoxy) is 1. The van der Waals surface area contributed by atoms with Gasteiger partial charge in [-0.25, -0.2) is 0 Å². The Morgan fingerprint density at radius 2 is 1.82 bits per heavy atom. The molecule has 0 radical (unpaired) electrons. The first-order valence-electron chi connectivity index (χ1n) is 8.83. The summed E-state index contributed by atoms with van der Waals surface area (Å²) in [5.41, 5.74) is 1.47. The van der Waals surface area contributed by atoms with Crippen molar-refractivity contribution in [2.45, 2.75) is 6.04 Å². The van der Waals surface area contributed by atoms with Crippen LogP contribution in [0.15, 0.2) is 72.0 Å². The summed E-state index contributed by atoms with van der Waals surface area (Å²) in [6.07, 6.45) is 2.97. The van der Waals surface area contributed by atoms with Gasteiger partial charge in [-0.15, -0.1) is 0 Å². The third kappa shape index (κ3) is 3.82. The number of ketones is 1. The highest BCUT2D eigenvalue weighted by Crippen LogP contribution is 2.38. The number of amides is 1. The molecular weight excluding hydrogens is 358 g/mol. The molecule has 0 fully saturated rings. The zero-order valence-corrected chi connectivity index (χ0v) is 15.4. The van der Waals surface area contributed by atoms with Crippen LogP contribution in [0.25, 0.3) is 6.08 Å². The van der Waals surface area contributed by atoms with Gasteiger partial charge < -0.3 is 19.8 Å². The average Bonchev–Trinajstić information content (AvgIpc) is 2.98. The number of hydrogen-bond acceptors (Lipinski definition) is 5. The van der Waals surface area contributed by atoms with Crippen molar-refractivity contribution in [3.05, 3.63) is 83.1 Å². The van der Waals surface area contributed by atoms with Gasteiger partial charge in [-0.1, -0.05) is 48.5 Å². The summed E-state index contributed by atoms with van der Waals surface area (Å²) in [6, 6.07) is 15.4. The summed E-state index contributed by atoms with van der Waals surface area (Å²) in [5, 5.41) is 19.7. The highest BCUT2D eigenvalue weighted by molar-refractivity contribution is 6.14. The quantitative estimate of drug-likeness (QED) is 0.723. The number of carbonyl (C=O) groups is 2. The lowest BCUT2D eigenvalue weighted by Gasteiger charge is -2.26. The van der Waals surface area contributed by atoms with Crippen molar-refractivity contribution in [3.63, 3.8) is 0 Å². The minimum atomic E-state index is -0.779. The van der Waals surface area contributed by atoms with Crippen molar-refractivity contribution in [2.24, 2.45) is 0 Å². The minimum Gasteiger partial charge on any atom is -0.503 e. The van der Waals surface area contributed by atoms with Crippen LogP contribution in [0.1, 0.15) is 17.2 Å². The molecule has 0 bridgehead atoms. The number of β-amino-alcohol motifs (C(OH)–C–C–N with tert-alkyl or cyclic N) is 1. The van der Waals surface area contributed by atoms with Crippen LogP contribution >= 0.6 is 0 Å². The molecule has 0 saturated carbocycles. The number of methoxy groups -OCH3 is 1. The topological polar surface area (TPSA) is 87.1 Å². The van der Waals surface area contributed by atoms with E-state index in [1.165, 1.54) is 11.0 Å². The number of hydrogen-bond donors (Lipinski definition) is 2. The van der Waals surface area contributed by atoms with Crippen LogP contribution < -0.4 is 4.74 Å². The number of rotatable bonds is 7. The Labute approximate surface area is 163 Å². The van der Waals surface area contributed by atoms with E-state index in [2.05, 4.69) is 0 Å². The molecule has 144 valence electrons. The zero-order valence-electron chi connectivity index (χ0n) is 15.4. The number of aliphatic hydroxyl groups is 2. The average molecular weight is 379 g/mol. The van der Waals surface area contributed by atoms with Gasteiger partial charge in [0.05, 0.1) is 25.3 Å². The van der Waals surface area contributed by atoms with Crippen LogP contribution in [0.3, 0.4) is 0 Å². The van der Waals surface area contributed by atoms with Gasteiger partial charge in [0.2, 0.25) is 0 Å². The van der Waals surface area contributed by atoms with E-state index >= 15 is 0 Å². The summed E-state index contributed by atoms with van der Waals surface area (Å²) in [7, 11) is 1.54. The van der Waals surface area contributed by atoms with Gasteiger partial charge in [0.1, 0.15) is 5.75 Å². The molecule has 0 aromatic heterocycles. The molecule has 1 atom stereocenters. The van der Waals surface area contributed by atoms with Gasteiger partial charge in [0.15, 0.2) is 11.5 Å². The fourth-order valence-corrected chi connectivity index (χ4v) is 3.20. The third-order valence-electron chi connectivity index (χ3n) is 4.57. The molecule has 1 aliphatic rings. The summed E-state index contributed by atoms with van der Waals surface area (Å²) < 4.78 is 5.15. The Morgan fingerprint density at radius 1 is 1.14 bits per heavy atom. The zero-order chi connectivity index (χ0) is 20.1. The molecule has 6 nitrogen and oxygen atoms in total. The van der Waals surface area contributed by atoms with Gasteiger partial charge in [-0.05, 0) is 29.3 Å². The number of aliphatic hydroxyl groups excluding tert-OH is 2. The highest BCUT2D eigenvalue weighted by atomic mass is 16.5. The van der Waals surface area contributed by atoms with Gasteiger partial charge in [-0.2, -0.15) is 0 Å². The Morgan fingerprint density at radius 3 is 2.43 bits per heavy atom. The van der Waals surface area contributed by atoms with E-state index in [-0.39, 0.29) is 18.7 Å². The molecule has 0 spiro atoms. The van der Waals surface area contributed by atoms with Crippen molar-refractivity contribution in [1.82, 2.24) is 4.90 Å². The summed E-state index contributed by atoms with van der Waals surface area (Å²) >= 11 is 0. The maximum absolute atomic E-state index is 12.9. The van der Waals surface area contributed by atoms with Crippen molar-refractivity contribution in [2.75, 3.05) is 20.3 Å². The van der Waals surface area contributed by atoms with E-state index in [4.69, 9.17) is 4.74 Å². The van der Waals surface area contributed by atoms with Gasteiger partial charge in [0, 0.05) is 6.54 Å². The van der Waals surface area contributed by atoms with Crippen LogP contribution in [-0.2, 0) is 9.59 Å². The molecule has 0 saturated heterocycles. The first-order valence-corrected chi connectivity index (χ1v) is 8.83. The number of nitrogens with zero attached hydrogens (tertiary/aromatic N) is 1. The Bertz CT molecular complexity index is 916. The second kappa shape index (κ2) is 8.54. The van der Waals surface area contributed by atoms with Gasteiger partial charge >= 0.3 is 0 Å². The summed E-state index contributed by atoms with van der Waals surface area (Å²) in [6.45, 7) is -0.286. The van der Waals surface area contributed by atoms with Gasteiger partial charge in [0.25, 0.3) is 5.91 Å². The summed E-state index contributed by atoms with van der Waals surface area (Å²) in [5.74, 6) is -1.09. The van der Waals surface area contributed by atoms with E-state index in [1.54, 1.807) is 37.5 Å². The van der Waals surface area contributed by atoms with E-state index in [1.807, 2.05) is 30.3 Å². The fraction of sp³-hybridized carbons (Fsp3) is 0.182. The lowest BCUT2D eigenvalue weighted by molar-refractivity contribution is -0.129. The largest absolute Gasteiger partial charge is 0.503 e. The number of allylic oxidation sites excluding steroid dienone is 1. The van der Waals surface area contributed by atoms with E-state index in [9.17, 15) is 19.8 Å². The molecule has 1 amide bonds. The summed E-state index contributed by atoms with van der Waals surface area (Å²) in [4.78, 5) is 26.7. The maximum Gasteiger partial charge on any atom is 0.290 e. The predicted molar refractivity (Wildman–Crippen MR) is 105 cm³/mol. The molecule has 1 aliphatic heterocycles. The van der Waals surface area contributed by atoms with Crippen molar-refractivity contribution in [3.8, 4) is 5.75 Å². The van der Waals surface area contributed by atoms with Crippen LogP contribution in [0.5, 0.6) is 5.75 Å². The lowest BCUT2D eigenvalue weighted by atomic mass is 9.95. The van der Waals surface area contributed by atoms with Crippen LogP contribution in [0.2, 0.25) is 0 Å². The Kier molecular flexibility index (Phi) is 5.91. The molecule has 2 N–H and O–H groups in total. The number of carbonyl (C=O) groups excluding carboxylic acids is 2. The van der Waals surface area contributed by atoms with Crippen molar-refractivity contribution in [1.29, 1.82) is 0 Å². The second-order valence-electron chi connectivity index (χ2n) is 6.27. The third-order valence-corrected chi connectivity index (χ3v) is 4.57. The molecule has 2 aromatic carbocycles. The molecule has 3 rings (SSSR count).